The number of benzene rings is 2. The molecule has 1 saturated heterocycles. The third-order valence-electron chi connectivity index (χ3n) is 4.83. The lowest BCUT2D eigenvalue weighted by Crippen LogP contribution is -2.32. The van der Waals surface area contributed by atoms with Gasteiger partial charge in [0.2, 0.25) is 18.6 Å². The number of carbonyl (C=O) groups is 2. The van der Waals surface area contributed by atoms with Crippen LogP contribution >= 0.6 is 11.6 Å². The van der Waals surface area contributed by atoms with E-state index in [1.165, 1.54) is 7.11 Å². The number of fused-ring (bicyclic) bond motifs is 1. The van der Waals surface area contributed by atoms with E-state index < -0.39 is 5.92 Å². The van der Waals surface area contributed by atoms with Crippen LogP contribution in [0.1, 0.15) is 12.0 Å². The molecule has 0 spiro atoms. The molecule has 1 unspecified atom stereocenters. The van der Waals surface area contributed by atoms with E-state index in [1.54, 1.807) is 23.1 Å². The zero-order chi connectivity index (χ0) is 19.7. The van der Waals surface area contributed by atoms with Crippen LogP contribution in [0.2, 0.25) is 5.02 Å². The molecular weight excluding hydrogens is 384 g/mol. The summed E-state index contributed by atoms with van der Waals surface area (Å²) >= 11 is 6.06. The number of rotatable bonds is 5. The largest absolute Gasteiger partial charge is 0.495 e. The second-order valence-electron chi connectivity index (χ2n) is 6.63. The van der Waals surface area contributed by atoms with Crippen molar-refractivity contribution in [2.45, 2.75) is 13.0 Å². The number of nitrogens with zero attached hydrogens (tertiary/aromatic N) is 1. The molecule has 2 aliphatic rings. The zero-order valence-electron chi connectivity index (χ0n) is 15.2. The normalized spacial score (nSPS) is 17.7. The minimum atomic E-state index is -0.440. The lowest BCUT2D eigenvalue weighted by molar-refractivity contribution is -0.126. The average Bonchev–Trinajstić information content (AvgIpc) is 3.32. The minimum Gasteiger partial charge on any atom is -0.495 e. The quantitative estimate of drug-likeness (QED) is 0.832. The van der Waals surface area contributed by atoms with Gasteiger partial charge in [-0.15, -0.1) is 0 Å². The van der Waals surface area contributed by atoms with Gasteiger partial charge in [-0.25, -0.2) is 0 Å². The van der Waals surface area contributed by atoms with Gasteiger partial charge in [0.15, 0.2) is 11.5 Å². The molecule has 0 aliphatic carbocycles. The van der Waals surface area contributed by atoms with Crippen LogP contribution in [0.4, 0.5) is 5.69 Å². The molecule has 1 fully saturated rings. The van der Waals surface area contributed by atoms with Gasteiger partial charge in [0.25, 0.3) is 0 Å². The molecule has 8 heteroatoms. The lowest BCUT2D eigenvalue weighted by atomic mass is 10.1. The molecule has 4 rings (SSSR count). The summed E-state index contributed by atoms with van der Waals surface area (Å²) in [5.74, 6) is 1.16. The zero-order valence-corrected chi connectivity index (χ0v) is 16.0. The topological polar surface area (TPSA) is 77.1 Å². The summed E-state index contributed by atoms with van der Waals surface area (Å²) in [6.45, 7) is 0.835. The van der Waals surface area contributed by atoms with Crippen molar-refractivity contribution < 1.29 is 23.8 Å². The maximum Gasteiger partial charge on any atom is 0.231 e. The molecule has 2 aliphatic heterocycles. The smallest absolute Gasteiger partial charge is 0.231 e. The SMILES string of the molecule is COc1ccc(Cl)cc1N1CC(C(=O)NCc2ccc3c(c2)OCO3)CC1=O. The molecule has 1 atom stereocenters. The maximum atomic E-state index is 12.6. The van der Waals surface area contributed by atoms with Crippen LogP contribution in [0.5, 0.6) is 17.2 Å². The van der Waals surface area contributed by atoms with Crippen molar-refractivity contribution in [3.05, 3.63) is 47.0 Å². The highest BCUT2D eigenvalue weighted by Crippen LogP contribution is 2.35. The Kier molecular flexibility index (Phi) is 5.00. The predicted molar refractivity (Wildman–Crippen MR) is 103 cm³/mol. The number of nitrogens with one attached hydrogen (secondary N) is 1. The maximum absolute atomic E-state index is 12.6. The molecule has 0 bridgehead atoms. The first-order chi connectivity index (χ1) is 13.5. The van der Waals surface area contributed by atoms with Crippen LogP contribution < -0.4 is 24.4 Å². The van der Waals surface area contributed by atoms with E-state index in [9.17, 15) is 9.59 Å². The number of methoxy groups -OCH3 is 1. The van der Waals surface area contributed by atoms with Gasteiger partial charge in [0.05, 0.1) is 18.7 Å². The predicted octanol–water partition coefficient (Wildman–Crippen LogP) is 2.75. The van der Waals surface area contributed by atoms with E-state index in [2.05, 4.69) is 5.32 Å². The molecule has 146 valence electrons. The Labute approximate surface area is 167 Å². The van der Waals surface area contributed by atoms with E-state index in [0.29, 0.717) is 34.5 Å². The highest BCUT2D eigenvalue weighted by atomic mass is 35.5. The van der Waals surface area contributed by atoms with Crippen molar-refractivity contribution in [2.24, 2.45) is 5.92 Å². The molecule has 2 aromatic carbocycles. The van der Waals surface area contributed by atoms with E-state index in [-0.39, 0.29) is 31.6 Å². The Bertz CT molecular complexity index is 933. The average molecular weight is 403 g/mol. The number of ether oxygens (including phenoxy) is 3. The van der Waals surface area contributed by atoms with E-state index in [0.717, 1.165) is 5.56 Å². The van der Waals surface area contributed by atoms with Gasteiger partial charge in [-0.2, -0.15) is 0 Å². The molecular formula is C20H19ClN2O5. The molecule has 7 nitrogen and oxygen atoms in total. The van der Waals surface area contributed by atoms with Gasteiger partial charge >= 0.3 is 0 Å². The summed E-state index contributed by atoms with van der Waals surface area (Å²) in [7, 11) is 1.53. The second kappa shape index (κ2) is 7.59. The Morgan fingerprint density at radius 1 is 1.25 bits per heavy atom. The summed E-state index contributed by atoms with van der Waals surface area (Å²) < 4.78 is 15.9. The molecule has 0 radical (unpaired) electrons. The van der Waals surface area contributed by atoms with Gasteiger partial charge in [0.1, 0.15) is 5.75 Å². The van der Waals surface area contributed by atoms with Crippen molar-refractivity contribution in [1.82, 2.24) is 5.32 Å². The summed E-state index contributed by atoms with van der Waals surface area (Å²) in [4.78, 5) is 26.6. The summed E-state index contributed by atoms with van der Waals surface area (Å²) in [5.41, 5.74) is 1.47. The third-order valence-corrected chi connectivity index (χ3v) is 5.07. The monoisotopic (exact) mass is 402 g/mol. The van der Waals surface area contributed by atoms with Crippen LogP contribution in [0.15, 0.2) is 36.4 Å². The van der Waals surface area contributed by atoms with Gasteiger partial charge in [-0.3, -0.25) is 9.59 Å². The van der Waals surface area contributed by atoms with Crippen LogP contribution in [0.25, 0.3) is 0 Å². The lowest BCUT2D eigenvalue weighted by Gasteiger charge is -2.20. The standard InChI is InChI=1S/C20H19ClN2O5/c1-26-16-5-3-14(21)8-15(16)23-10-13(7-19(23)24)20(25)22-9-12-2-4-17-18(6-12)28-11-27-17/h2-6,8,13H,7,9-11H2,1H3,(H,22,25). The molecule has 0 aromatic heterocycles. The third kappa shape index (κ3) is 3.57. The number of anilines is 1. The van der Waals surface area contributed by atoms with Crippen molar-refractivity contribution in [3.8, 4) is 17.2 Å². The number of halogens is 1. The summed E-state index contributed by atoms with van der Waals surface area (Å²) in [6.07, 6.45) is 0.142. The molecule has 1 N–H and O–H groups in total. The van der Waals surface area contributed by atoms with Crippen molar-refractivity contribution in [1.29, 1.82) is 0 Å². The van der Waals surface area contributed by atoms with Crippen LogP contribution in [-0.4, -0.2) is 32.3 Å². The molecule has 0 saturated carbocycles. The number of hydrogen-bond donors (Lipinski definition) is 1. The number of amides is 2. The Hall–Kier alpha value is -2.93. The Morgan fingerprint density at radius 2 is 2.07 bits per heavy atom. The van der Waals surface area contributed by atoms with Gasteiger partial charge in [-0.1, -0.05) is 17.7 Å². The highest BCUT2D eigenvalue weighted by molar-refractivity contribution is 6.31. The molecule has 2 aromatic rings. The fourth-order valence-electron chi connectivity index (χ4n) is 3.37. The number of carbonyl (C=O) groups excluding carboxylic acids is 2. The van der Waals surface area contributed by atoms with E-state index in [4.69, 9.17) is 25.8 Å². The van der Waals surface area contributed by atoms with Gasteiger partial charge in [0, 0.05) is 24.5 Å². The summed E-state index contributed by atoms with van der Waals surface area (Å²) in [6, 6.07) is 10.6. The minimum absolute atomic E-state index is 0.135. The first-order valence-corrected chi connectivity index (χ1v) is 9.23. The number of hydrogen-bond acceptors (Lipinski definition) is 5. The van der Waals surface area contributed by atoms with E-state index in [1.807, 2.05) is 18.2 Å². The van der Waals surface area contributed by atoms with E-state index >= 15 is 0 Å². The fourth-order valence-corrected chi connectivity index (χ4v) is 3.54. The van der Waals surface area contributed by atoms with Gasteiger partial charge in [-0.05, 0) is 35.9 Å². The fraction of sp³-hybridized carbons (Fsp3) is 0.300. The summed E-state index contributed by atoms with van der Waals surface area (Å²) in [5, 5.41) is 3.39. The van der Waals surface area contributed by atoms with Crippen molar-refractivity contribution in [2.75, 3.05) is 25.3 Å². The van der Waals surface area contributed by atoms with Gasteiger partial charge < -0.3 is 24.4 Å². The van der Waals surface area contributed by atoms with Crippen LogP contribution in [0.3, 0.4) is 0 Å². The molecule has 2 heterocycles. The Morgan fingerprint density at radius 3 is 2.89 bits per heavy atom. The van der Waals surface area contributed by atoms with Crippen molar-refractivity contribution in [3.63, 3.8) is 0 Å². The first-order valence-electron chi connectivity index (χ1n) is 8.85. The Balaban J connectivity index is 1.41. The molecule has 28 heavy (non-hydrogen) atoms. The molecule has 2 amide bonds. The van der Waals surface area contributed by atoms with Crippen LogP contribution in [0, 0.1) is 5.92 Å². The van der Waals surface area contributed by atoms with Crippen LogP contribution in [-0.2, 0) is 16.1 Å². The first kappa shape index (κ1) is 18.4. The highest BCUT2D eigenvalue weighted by Gasteiger charge is 2.36. The van der Waals surface area contributed by atoms with Crippen molar-refractivity contribution >= 4 is 29.1 Å². The second-order valence-corrected chi connectivity index (χ2v) is 7.06.